The summed E-state index contributed by atoms with van der Waals surface area (Å²) in [7, 11) is -3.74. The molecule has 2 aromatic carbocycles. The predicted molar refractivity (Wildman–Crippen MR) is 115 cm³/mol. The lowest BCUT2D eigenvalue weighted by atomic mass is 10.2. The number of carbonyl (C=O) groups is 2. The number of hydrazine groups is 1. The van der Waals surface area contributed by atoms with Gasteiger partial charge in [-0.3, -0.25) is 20.4 Å². The lowest BCUT2D eigenvalue weighted by Gasteiger charge is -2.09. The van der Waals surface area contributed by atoms with Gasteiger partial charge in [0.05, 0.1) is 16.8 Å². The number of benzene rings is 2. The third-order valence-corrected chi connectivity index (χ3v) is 6.31. The van der Waals surface area contributed by atoms with Crippen LogP contribution < -0.4 is 15.6 Å². The minimum atomic E-state index is -3.74. The molecule has 0 bridgehead atoms. The summed E-state index contributed by atoms with van der Waals surface area (Å²) in [6.45, 7) is 0.369. The average molecular weight is 455 g/mol. The number of rotatable bonds is 7. The van der Waals surface area contributed by atoms with Gasteiger partial charge in [0, 0.05) is 12.1 Å². The molecule has 10 nitrogen and oxygen atoms in total. The van der Waals surface area contributed by atoms with Crippen molar-refractivity contribution in [2.75, 3.05) is 6.54 Å². The number of carbonyl (C=O) groups excluding carboxylic acids is 2. The highest BCUT2D eigenvalue weighted by Crippen LogP contribution is 2.28. The molecule has 32 heavy (non-hydrogen) atoms. The monoisotopic (exact) mass is 455 g/mol. The summed E-state index contributed by atoms with van der Waals surface area (Å²) in [6, 6.07) is 14.3. The first-order valence-corrected chi connectivity index (χ1v) is 11.4. The van der Waals surface area contributed by atoms with Gasteiger partial charge < -0.3 is 5.11 Å². The average Bonchev–Trinajstić information content (AvgIpc) is 3.56. The summed E-state index contributed by atoms with van der Waals surface area (Å²) >= 11 is 0. The topological polar surface area (TPSA) is 142 Å². The van der Waals surface area contributed by atoms with Gasteiger partial charge in [0.2, 0.25) is 10.0 Å². The lowest BCUT2D eigenvalue weighted by molar-refractivity contribution is 0.0842. The molecule has 4 N–H and O–H groups in total. The Morgan fingerprint density at radius 2 is 1.75 bits per heavy atom. The van der Waals surface area contributed by atoms with Crippen LogP contribution in [0.2, 0.25) is 0 Å². The molecule has 1 saturated carbocycles. The zero-order valence-electron chi connectivity index (χ0n) is 16.9. The molecule has 0 aliphatic heterocycles. The van der Waals surface area contributed by atoms with Crippen molar-refractivity contribution in [1.29, 1.82) is 0 Å². The van der Waals surface area contributed by atoms with Crippen LogP contribution in [0.4, 0.5) is 0 Å². The molecule has 2 amide bonds. The van der Waals surface area contributed by atoms with E-state index in [9.17, 15) is 23.1 Å². The van der Waals surface area contributed by atoms with E-state index in [-0.39, 0.29) is 21.9 Å². The Hall–Kier alpha value is -3.70. The van der Waals surface area contributed by atoms with Crippen molar-refractivity contribution in [1.82, 2.24) is 25.4 Å². The molecule has 0 atom stereocenters. The maximum atomic E-state index is 12.4. The third-order valence-electron chi connectivity index (χ3n) is 4.89. The van der Waals surface area contributed by atoms with Crippen molar-refractivity contribution in [2.24, 2.45) is 5.92 Å². The Labute approximate surface area is 184 Å². The number of aromatic nitrogens is 2. The van der Waals surface area contributed by atoms with Gasteiger partial charge in [0.15, 0.2) is 11.4 Å². The van der Waals surface area contributed by atoms with E-state index in [4.69, 9.17) is 0 Å². The van der Waals surface area contributed by atoms with Gasteiger partial charge in [0.25, 0.3) is 11.8 Å². The smallest absolute Gasteiger partial charge is 0.294 e. The van der Waals surface area contributed by atoms with Gasteiger partial charge >= 0.3 is 0 Å². The molecular weight excluding hydrogens is 434 g/mol. The van der Waals surface area contributed by atoms with Crippen molar-refractivity contribution in [3.8, 4) is 11.4 Å². The standard InChI is InChI=1S/C21H21N5O5S/c27-18-13-26(16-6-2-1-3-7-16)25-19(18)21(29)24-23-20(28)15-5-4-8-17(11-15)32(30,31)22-12-14-9-10-14/h1-8,11,13-14,22,27H,9-10,12H2,(H,23,28)(H,24,29). The highest BCUT2D eigenvalue weighted by atomic mass is 32.2. The normalized spacial score (nSPS) is 13.5. The number of amides is 2. The minimum absolute atomic E-state index is 0.0404. The largest absolute Gasteiger partial charge is 0.504 e. The van der Waals surface area contributed by atoms with Crippen LogP contribution in [0.15, 0.2) is 65.7 Å². The van der Waals surface area contributed by atoms with Crippen LogP contribution in [-0.2, 0) is 10.0 Å². The van der Waals surface area contributed by atoms with Crippen LogP contribution >= 0.6 is 0 Å². The molecule has 166 valence electrons. The van der Waals surface area contributed by atoms with E-state index < -0.39 is 21.8 Å². The maximum Gasteiger partial charge on any atom is 0.294 e. The van der Waals surface area contributed by atoms with Crippen LogP contribution in [0.3, 0.4) is 0 Å². The molecule has 0 spiro atoms. The second-order valence-corrected chi connectivity index (χ2v) is 9.14. The van der Waals surface area contributed by atoms with Crippen LogP contribution in [0, 0.1) is 5.92 Å². The van der Waals surface area contributed by atoms with E-state index in [2.05, 4.69) is 20.7 Å². The number of hydrogen-bond acceptors (Lipinski definition) is 6. The fourth-order valence-electron chi connectivity index (χ4n) is 2.92. The number of sulfonamides is 1. The van der Waals surface area contributed by atoms with Crippen molar-refractivity contribution < 1.29 is 23.1 Å². The van der Waals surface area contributed by atoms with E-state index in [1.54, 1.807) is 24.3 Å². The minimum Gasteiger partial charge on any atom is -0.504 e. The SMILES string of the molecule is O=C(NNC(=O)c1nn(-c2ccccc2)cc1O)c1cccc(S(=O)(=O)NCC2CC2)c1. The zero-order chi connectivity index (χ0) is 22.7. The van der Waals surface area contributed by atoms with Gasteiger partial charge in [-0.1, -0.05) is 24.3 Å². The predicted octanol–water partition coefficient (Wildman–Crippen LogP) is 1.34. The number of hydrogen-bond donors (Lipinski definition) is 4. The molecule has 1 aliphatic rings. The van der Waals surface area contributed by atoms with Gasteiger partial charge in [0.1, 0.15) is 0 Å². The Morgan fingerprint density at radius 3 is 2.47 bits per heavy atom. The van der Waals surface area contributed by atoms with Crippen molar-refractivity contribution in [3.05, 3.63) is 72.1 Å². The van der Waals surface area contributed by atoms with Gasteiger partial charge in [-0.25, -0.2) is 17.8 Å². The summed E-state index contributed by atoms with van der Waals surface area (Å²) in [5.41, 5.74) is 4.76. The quantitative estimate of drug-likeness (QED) is 0.396. The molecule has 4 rings (SSSR count). The molecule has 0 saturated heterocycles. The molecule has 1 heterocycles. The van der Waals surface area contributed by atoms with E-state index in [1.165, 1.54) is 35.1 Å². The summed E-state index contributed by atoms with van der Waals surface area (Å²) in [4.78, 5) is 24.7. The van der Waals surface area contributed by atoms with Gasteiger partial charge in [-0.05, 0) is 49.1 Å². The second-order valence-electron chi connectivity index (χ2n) is 7.37. The molecule has 11 heteroatoms. The molecule has 1 aliphatic carbocycles. The zero-order valence-corrected chi connectivity index (χ0v) is 17.7. The Balaban J connectivity index is 1.40. The van der Waals surface area contributed by atoms with Crippen LogP contribution in [-0.4, -0.2) is 41.7 Å². The Bertz CT molecular complexity index is 1250. The summed E-state index contributed by atoms with van der Waals surface area (Å²) < 4.78 is 28.7. The molecule has 0 unspecified atom stereocenters. The number of para-hydroxylation sites is 1. The van der Waals surface area contributed by atoms with Crippen LogP contribution in [0.5, 0.6) is 5.75 Å². The lowest BCUT2D eigenvalue weighted by Crippen LogP contribution is -2.42. The van der Waals surface area contributed by atoms with Gasteiger partial charge in [-0.2, -0.15) is 5.10 Å². The van der Waals surface area contributed by atoms with Crippen molar-refractivity contribution >= 4 is 21.8 Å². The van der Waals surface area contributed by atoms with E-state index >= 15 is 0 Å². The first-order valence-electron chi connectivity index (χ1n) is 9.88. The summed E-state index contributed by atoms with van der Waals surface area (Å²) in [5.74, 6) is -1.55. The first kappa shape index (κ1) is 21.5. The van der Waals surface area contributed by atoms with Crippen LogP contribution in [0.25, 0.3) is 5.69 Å². The fraction of sp³-hybridized carbons (Fsp3) is 0.190. The van der Waals surface area contributed by atoms with Crippen molar-refractivity contribution in [3.63, 3.8) is 0 Å². The fourth-order valence-corrected chi connectivity index (χ4v) is 4.08. The summed E-state index contributed by atoms with van der Waals surface area (Å²) in [6.07, 6.45) is 3.28. The number of aromatic hydroxyl groups is 1. The second kappa shape index (κ2) is 8.81. The Morgan fingerprint density at radius 1 is 1.03 bits per heavy atom. The Kier molecular flexibility index (Phi) is 5.93. The van der Waals surface area contributed by atoms with Crippen molar-refractivity contribution in [2.45, 2.75) is 17.7 Å². The molecule has 1 aromatic heterocycles. The summed E-state index contributed by atoms with van der Waals surface area (Å²) in [5, 5.41) is 14.1. The van der Waals surface area contributed by atoms with Crippen LogP contribution in [0.1, 0.15) is 33.7 Å². The first-order chi connectivity index (χ1) is 15.3. The van der Waals surface area contributed by atoms with E-state index in [0.717, 1.165) is 12.8 Å². The molecule has 1 fully saturated rings. The molecule has 3 aromatic rings. The highest BCUT2D eigenvalue weighted by Gasteiger charge is 2.25. The third kappa shape index (κ3) is 4.95. The van der Waals surface area contributed by atoms with E-state index in [0.29, 0.717) is 18.2 Å². The molecule has 0 radical (unpaired) electrons. The highest BCUT2D eigenvalue weighted by molar-refractivity contribution is 7.89. The number of nitrogens with zero attached hydrogens (tertiary/aromatic N) is 2. The van der Waals surface area contributed by atoms with E-state index in [1.807, 2.05) is 6.07 Å². The molecular formula is C21H21N5O5S. The van der Waals surface area contributed by atoms with Gasteiger partial charge in [-0.15, -0.1) is 0 Å². The maximum absolute atomic E-state index is 12.4. The number of nitrogens with one attached hydrogen (secondary N) is 3.